The van der Waals surface area contributed by atoms with Crippen molar-refractivity contribution in [1.82, 2.24) is 10.2 Å². The quantitative estimate of drug-likeness (QED) is 0.759. The molecule has 0 radical (unpaired) electrons. The van der Waals surface area contributed by atoms with Crippen LogP contribution in [0.15, 0.2) is 0 Å². The van der Waals surface area contributed by atoms with E-state index in [1.165, 1.54) is 0 Å². The molecule has 1 saturated heterocycles. The van der Waals surface area contributed by atoms with Crippen LogP contribution in [0.4, 0.5) is 0 Å². The van der Waals surface area contributed by atoms with Gasteiger partial charge in [0, 0.05) is 19.7 Å². The Hall–Kier alpha value is -0.610. The second kappa shape index (κ2) is 6.86. The van der Waals surface area contributed by atoms with Gasteiger partial charge in [-0.25, -0.2) is 0 Å². The topological polar surface area (TPSA) is 41.6 Å². The maximum atomic E-state index is 11.6. The van der Waals surface area contributed by atoms with Crippen molar-refractivity contribution in [2.75, 3.05) is 33.3 Å². The maximum absolute atomic E-state index is 11.6. The van der Waals surface area contributed by atoms with Gasteiger partial charge in [-0.2, -0.15) is 0 Å². The SMILES string of the molecule is CNCC(=O)N1CCC(COC(C)C)CC1. The summed E-state index contributed by atoms with van der Waals surface area (Å²) in [5.74, 6) is 0.840. The molecule has 4 heteroatoms. The van der Waals surface area contributed by atoms with Crippen molar-refractivity contribution in [2.45, 2.75) is 32.8 Å². The summed E-state index contributed by atoms with van der Waals surface area (Å²) in [6.07, 6.45) is 2.45. The molecule has 0 saturated carbocycles. The van der Waals surface area contributed by atoms with E-state index < -0.39 is 0 Å². The van der Waals surface area contributed by atoms with Crippen LogP contribution in [-0.4, -0.2) is 50.2 Å². The summed E-state index contributed by atoms with van der Waals surface area (Å²) in [5, 5.41) is 2.90. The zero-order chi connectivity index (χ0) is 12.0. The highest BCUT2D eigenvalue weighted by molar-refractivity contribution is 5.78. The van der Waals surface area contributed by atoms with Crippen LogP contribution >= 0.6 is 0 Å². The molecule has 1 amide bonds. The number of likely N-dealkylation sites (tertiary alicyclic amines) is 1. The minimum atomic E-state index is 0.214. The Morgan fingerprint density at radius 1 is 1.44 bits per heavy atom. The van der Waals surface area contributed by atoms with E-state index in [0.717, 1.165) is 32.5 Å². The van der Waals surface area contributed by atoms with E-state index in [1.807, 2.05) is 4.90 Å². The molecule has 0 spiro atoms. The molecule has 1 heterocycles. The second-order valence-electron chi connectivity index (χ2n) is 4.74. The first-order valence-corrected chi connectivity index (χ1v) is 6.17. The highest BCUT2D eigenvalue weighted by Crippen LogP contribution is 2.17. The van der Waals surface area contributed by atoms with Gasteiger partial charge in [-0.3, -0.25) is 4.79 Å². The highest BCUT2D eigenvalue weighted by Gasteiger charge is 2.22. The van der Waals surface area contributed by atoms with Crippen LogP contribution in [-0.2, 0) is 9.53 Å². The van der Waals surface area contributed by atoms with Crippen LogP contribution in [0.1, 0.15) is 26.7 Å². The van der Waals surface area contributed by atoms with Crippen LogP contribution < -0.4 is 5.32 Å². The average Bonchev–Trinajstić information content (AvgIpc) is 2.27. The third-order valence-corrected chi connectivity index (χ3v) is 2.96. The van der Waals surface area contributed by atoms with E-state index in [9.17, 15) is 4.79 Å². The van der Waals surface area contributed by atoms with Crippen molar-refractivity contribution in [3.05, 3.63) is 0 Å². The molecule has 1 aliphatic rings. The van der Waals surface area contributed by atoms with Gasteiger partial charge < -0.3 is 15.0 Å². The van der Waals surface area contributed by atoms with Gasteiger partial charge in [0.2, 0.25) is 5.91 Å². The summed E-state index contributed by atoms with van der Waals surface area (Å²) >= 11 is 0. The van der Waals surface area contributed by atoms with E-state index in [1.54, 1.807) is 7.05 Å². The van der Waals surface area contributed by atoms with Gasteiger partial charge in [-0.15, -0.1) is 0 Å². The van der Waals surface area contributed by atoms with E-state index in [4.69, 9.17) is 4.74 Å². The molecule has 0 aromatic carbocycles. The summed E-state index contributed by atoms with van der Waals surface area (Å²) in [4.78, 5) is 13.5. The van der Waals surface area contributed by atoms with Crippen molar-refractivity contribution in [2.24, 2.45) is 5.92 Å². The van der Waals surface area contributed by atoms with Crippen LogP contribution in [0.2, 0.25) is 0 Å². The molecular formula is C12H24N2O2. The molecule has 1 rings (SSSR count). The lowest BCUT2D eigenvalue weighted by atomic mass is 9.98. The Morgan fingerprint density at radius 2 is 2.06 bits per heavy atom. The Labute approximate surface area is 98.3 Å². The monoisotopic (exact) mass is 228 g/mol. The first-order chi connectivity index (χ1) is 7.63. The molecule has 1 fully saturated rings. The molecule has 0 aromatic rings. The predicted octanol–water partition coefficient (Wildman–Crippen LogP) is 0.869. The number of hydrogen-bond acceptors (Lipinski definition) is 3. The molecule has 0 atom stereocenters. The summed E-state index contributed by atoms with van der Waals surface area (Å²) in [7, 11) is 1.81. The number of piperidine rings is 1. The number of rotatable bonds is 5. The van der Waals surface area contributed by atoms with Crippen molar-refractivity contribution in [1.29, 1.82) is 0 Å². The van der Waals surface area contributed by atoms with E-state index in [2.05, 4.69) is 19.2 Å². The number of ether oxygens (including phenoxy) is 1. The smallest absolute Gasteiger partial charge is 0.236 e. The van der Waals surface area contributed by atoms with E-state index in [0.29, 0.717) is 18.6 Å². The Morgan fingerprint density at radius 3 is 2.56 bits per heavy atom. The summed E-state index contributed by atoms with van der Waals surface area (Å²) in [5.41, 5.74) is 0. The number of nitrogens with zero attached hydrogens (tertiary/aromatic N) is 1. The van der Waals surface area contributed by atoms with Crippen LogP contribution in [0, 0.1) is 5.92 Å². The highest BCUT2D eigenvalue weighted by atomic mass is 16.5. The Bertz CT molecular complexity index is 211. The Kier molecular flexibility index (Phi) is 5.77. The second-order valence-corrected chi connectivity index (χ2v) is 4.74. The van der Waals surface area contributed by atoms with Crippen molar-refractivity contribution < 1.29 is 9.53 Å². The normalized spacial score (nSPS) is 18.1. The molecule has 16 heavy (non-hydrogen) atoms. The average molecular weight is 228 g/mol. The van der Waals surface area contributed by atoms with Crippen molar-refractivity contribution in [3.8, 4) is 0 Å². The third-order valence-electron chi connectivity index (χ3n) is 2.96. The van der Waals surface area contributed by atoms with Gasteiger partial charge in [0.05, 0.1) is 12.6 Å². The van der Waals surface area contributed by atoms with Gasteiger partial charge in [0.25, 0.3) is 0 Å². The fourth-order valence-corrected chi connectivity index (χ4v) is 1.94. The Balaban J connectivity index is 2.20. The first kappa shape index (κ1) is 13.5. The molecular weight excluding hydrogens is 204 g/mol. The molecule has 0 unspecified atom stereocenters. The number of nitrogens with one attached hydrogen (secondary N) is 1. The standard InChI is InChI=1S/C12H24N2O2/c1-10(2)16-9-11-4-6-14(7-5-11)12(15)8-13-3/h10-11,13H,4-9H2,1-3H3. The number of hydrogen-bond donors (Lipinski definition) is 1. The number of carbonyl (C=O) groups is 1. The minimum Gasteiger partial charge on any atom is -0.379 e. The van der Waals surface area contributed by atoms with Gasteiger partial charge in [-0.05, 0) is 39.7 Å². The predicted molar refractivity (Wildman–Crippen MR) is 64.3 cm³/mol. The lowest BCUT2D eigenvalue weighted by molar-refractivity contribution is -0.131. The lowest BCUT2D eigenvalue weighted by Crippen LogP contribution is -2.43. The molecule has 1 aliphatic heterocycles. The van der Waals surface area contributed by atoms with Gasteiger partial charge in [0.1, 0.15) is 0 Å². The first-order valence-electron chi connectivity index (χ1n) is 6.17. The molecule has 94 valence electrons. The summed E-state index contributed by atoms with van der Waals surface area (Å²) < 4.78 is 5.61. The van der Waals surface area contributed by atoms with Crippen molar-refractivity contribution >= 4 is 5.91 Å². The summed E-state index contributed by atoms with van der Waals surface area (Å²) in [6, 6.07) is 0. The largest absolute Gasteiger partial charge is 0.379 e. The lowest BCUT2D eigenvalue weighted by Gasteiger charge is -2.32. The van der Waals surface area contributed by atoms with Gasteiger partial charge >= 0.3 is 0 Å². The van der Waals surface area contributed by atoms with Crippen LogP contribution in [0.3, 0.4) is 0 Å². The van der Waals surface area contributed by atoms with E-state index >= 15 is 0 Å². The van der Waals surface area contributed by atoms with Gasteiger partial charge in [0.15, 0.2) is 0 Å². The maximum Gasteiger partial charge on any atom is 0.236 e. The minimum absolute atomic E-state index is 0.214. The summed E-state index contributed by atoms with van der Waals surface area (Å²) in [6.45, 7) is 7.18. The van der Waals surface area contributed by atoms with Crippen molar-refractivity contribution in [3.63, 3.8) is 0 Å². The van der Waals surface area contributed by atoms with E-state index in [-0.39, 0.29) is 5.91 Å². The number of amides is 1. The number of likely N-dealkylation sites (N-methyl/N-ethyl adjacent to an activating group) is 1. The van der Waals surface area contributed by atoms with Gasteiger partial charge in [-0.1, -0.05) is 0 Å². The molecule has 1 N–H and O–H groups in total. The molecule has 0 bridgehead atoms. The number of carbonyl (C=O) groups excluding carboxylic acids is 1. The molecule has 4 nitrogen and oxygen atoms in total. The molecule has 0 aliphatic carbocycles. The zero-order valence-electron chi connectivity index (χ0n) is 10.7. The molecule has 0 aromatic heterocycles. The van der Waals surface area contributed by atoms with Crippen LogP contribution in [0.5, 0.6) is 0 Å². The third kappa shape index (κ3) is 4.49. The van der Waals surface area contributed by atoms with Crippen LogP contribution in [0.25, 0.3) is 0 Å². The fraction of sp³-hybridized carbons (Fsp3) is 0.917. The fourth-order valence-electron chi connectivity index (χ4n) is 1.94. The zero-order valence-corrected chi connectivity index (χ0v) is 10.7.